The van der Waals surface area contributed by atoms with E-state index < -0.39 is 5.97 Å². The van der Waals surface area contributed by atoms with E-state index in [1.165, 1.54) is 0 Å². The molecule has 0 amide bonds. The van der Waals surface area contributed by atoms with Gasteiger partial charge in [0, 0.05) is 18.7 Å². The Morgan fingerprint density at radius 3 is 2.53 bits per heavy atom. The van der Waals surface area contributed by atoms with Crippen LogP contribution >= 0.6 is 0 Å². The van der Waals surface area contributed by atoms with Crippen LogP contribution in [0.3, 0.4) is 0 Å². The van der Waals surface area contributed by atoms with Crippen molar-refractivity contribution in [2.24, 2.45) is 5.92 Å². The van der Waals surface area contributed by atoms with Gasteiger partial charge in [-0.05, 0) is 32.6 Å². The van der Waals surface area contributed by atoms with Crippen LogP contribution in [0, 0.1) is 5.92 Å². The molecule has 2 unspecified atom stereocenters. The molecule has 0 bridgehead atoms. The Morgan fingerprint density at radius 2 is 2.06 bits per heavy atom. The Hall–Kier alpha value is -0.610. The monoisotopic (exact) mass is 243 g/mol. The first-order valence-electron chi connectivity index (χ1n) is 6.51. The van der Waals surface area contributed by atoms with Crippen LogP contribution in [0.2, 0.25) is 0 Å². The second kappa shape index (κ2) is 6.36. The van der Waals surface area contributed by atoms with Crippen molar-refractivity contribution in [1.29, 1.82) is 0 Å². The highest BCUT2D eigenvalue weighted by Crippen LogP contribution is 2.25. The van der Waals surface area contributed by atoms with Gasteiger partial charge in [-0.1, -0.05) is 13.8 Å². The SMILES string of the molecule is CC(C)C1CC(N(CC(=O)O)C(C)C)CCO1. The molecule has 1 aliphatic rings. The molecule has 0 spiro atoms. The van der Waals surface area contributed by atoms with Crippen LogP contribution in [-0.4, -0.2) is 47.3 Å². The molecule has 1 rings (SSSR count). The number of carbonyl (C=O) groups is 1. The van der Waals surface area contributed by atoms with Crippen molar-refractivity contribution in [3.8, 4) is 0 Å². The maximum absolute atomic E-state index is 10.9. The second-order valence-electron chi connectivity index (χ2n) is 5.49. The molecule has 1 fully saturated rings. The molecule has 0 aromatic rings. The van der Waals surface area contributed by atoms with Crippen LogP contribution in [0.25, 0.3) is 0 Å². The van der Waals surface area contributed by atoms with Gasteiger partial charge in [-0.2, -0.15) is 0 Å². The molecule has 17 heavy (non-hydrogen) atoms. The van der Waals surface area contributed by atoms with E-state index in [4.69, 9.17) is 9.84 Å². The fraction of sp³-hybridized carbons (Fsp3) is 0.923. The minimum absolute atomic E-state index is 0.132. The number of nitrogens with zero attached hydrogens (tertiary/aromatic N) is 1. The van der Waals surface area contributed by atoms with Gasteiger partial charge < -0.3 is 9.84 Å². The van der Waals surface area contributed by atoms with E-state index >= 15 is 0 Å². The first-order chi connectivity index (χ1) is 7.91. The van der Waals surface area contributed by atoms with Crippen LogP contribution < -0.4 is 0 Å². The summed E-state index contributed by atoms with van der Waals surface area (Å²) in [6, 6.07) is 0.606. The molecule has 1 N–H and O–H groups in total. The lowest BCUT2D eigenvalue weighted by atomic mass is 9.93. The largest absolute Gasteiger partial charge is 0.480 e. The van der Waals surface area contributed by atoms with Gasteiger partial charge in [0.2, 0.25) is 0 Å². The number of rotatable bonds is 5. The molecule has 1 heterocycles. The lowest BCUT2D eigenvalue weighted by Crippen LogP contribution is -2.48. The minimum atomic E-state index is -0.744. The quantitative estimate of drug-likeness (QED) is 0.802. The molecule has 1 saturated heterocycles. The second-order valence-corrected chi connectivity index (χ2v) is 5.49. The lowest BCUT2D eigenvalue weighted by Gasteiger charge is -2.40. The van der Waals surface area contributed by atoms with E-state index in [0.29, 0.717) is 12.0 Å². The maximum Gasteiger partial charge on any atom is 0.317 e. The maximum atomic E-state index is 10.9. The smallest absolute Gasteiger partial charge is 0.317 e. The number of aliphatic carboxylic acids is 1. The summed E-state index contributed by atoms with van der Waals surface area (Å²) < 4.78 is 5.73. The zero-order valence-corrected chi connectivity index (χ0v) is 11.3. The molecule has 100 valence electrons. The third-order valence-electron chi connectivity index (χ3n) is 3.48. The molecule has 4 heteroatoms. The number of carboxylic acids is 1. The summed E-state index contributed by atoms with van der Waals surface area (Å²) in [5.41, 5.74) is 0. The lowest BCUT2D eigenvalue weighted by molar-refractivity contribution is -0.141. The third-order valence-corrected chi connectivity index (χ3v) is 3.48. The molecule has 4 nitrogen and oxygen atoms in total. The van der Waals surface area contributed by atoms with Gasteiger partial charge >= 0.3 is 5.97 Å². The predicted molar refractivity (Wildman–Crippen MR) is 67.1 cm³/mol. The Kier molecular flexibility index (Phi) is 5.40. The summed E-state index contributed by atoms with van der Waals surface area (Å²) in [7, 11) is 0. The van der Waals surface area contributed by atoms with Gasteiger partial charge in [0.05, 0.1) is 12.6 Å². The van der Waals surface area contributed by atoms with Crippen molar-refractivity contribution >= 4 is 5.97 Å². The Balaban J connectivity index is 2.63. The summed E-state index contributed by atoms with van der Waals surface area (Å²) in [4.78, 5) is 13.0. The molecular formula is C13H25NO3. The summed E-state index contributed by atoms with van der Waals surface area (Å²) >= 11 is 0. The molecule has 0 saturated carbocycles. The highest BCUT2D eigenvalue weighted by molar-refractivity contribution is 5.69. The highest BCUT2D eigenvalue weighted by atomic mass is 16.5. The van der Waals surface area contributed by atoms with Gasteiger partial charge in [-0.25, -0.2) is 0 Å². The van der Waals surface area contributed by atoms with Gasteiger partial charge in [-0.3, -0.25) is 9.69 Å². The van der Waals surface area contributed by atoms with Crippen LogP contribution in [0.4, 0.5) is 0 Å². The summed E-state index contributed by atoms with van der Waals surface area (Å²) in [5.74, 6) is -0.247. The Morgan fingerprint density at radius 1 is 1.41 bits per heavy atom. The van der Waals surface area contributed by atoms with Gasteiger partial charge in [0.1, 0.15) is 0 Å². The Bertz CT molecular complexity index is 253. The van der Waals surface area contributed by atoms with Crippen molar-refractivity contribution in [3.05, 3.63) is 0 Å². The van der Waals surface area contributed by atoms with Crippen LogP contribution in [0.15, 0.2) is 0 Å². The van der Waals surface area contributed by atoms with Crippen molar-refractivity contribution in [1.82, 2.24) is 4.90 Å². The summed E-state index contributed by atoms with van der Waals surface area (Å²) in [6.45, 7) is 9.31. The predicted octanol–water partition coefficient (Wildman–Crippen LogP) is 1.99. The van der Waals surface area contributed by atoms with E-state index in [1.807, 2.05) is 0 Å². The van der Waals surface area contributed by atoms with Crippen molar-refractivity contribution in [3.63, 3.8) is 0 Å². The van der Waals surface area contributed by atoms with E-state index in [9.17, 15) is 4.79 Å². The average Bonchev–Trinajstić information content (AvgIpc) is 2.25. The fourth-order valence-electron chi connectivity index (χ4n) is 2.46. The number of hydrogen-bond acceptors (Lipinski definition) is 3. The van der Waals surface area contributed by atoms with E-state index in [0.717, 1.165) is 19.4 Å². The van der Waals surface area contributed by atoms with Crippen molar-refractivity contribution < 1.29 is 14.6 Å². The number of hydrogen-bond donors (Lipinski definition) is 1. The topological polar surface area (TPSA) is 49.8 Å². The minimum Gasteiger partial charge on any atom is -0.480 e. The molecule has 0 aromatic heterocycles. The molecule has 0 radical (unpaired) electrons. The molecular weight excluding hydrogens is 218 g/mol. The standard InChI is InChI=1S/C13H25NO3/c1-9(2)12-7-11(5-6-17-12)14(10(3)4)8-13(15)16/h9-12H,5-8H2,1-4H3,(H,15,16). The summed E-state index contributed by atoms with van der Waals surface area (Å²) in [5, 5.41) is 8.97. The highest BCUT2D eigenvalue weighted by Gasteiger charge is 2.31. The normalized spacial score (nSPS) is 25.8. The molecule has 0 aliphatic carbocycles. The summed E-state index contributed by atoms with van der Waals surface area (Å²) in [6.07, 6.45) is 2.15. The van der Waals surface area contributed by atoms with Crippen LogP contribution in [0.5, 0.6) is 0 Å². The first-order valence-corrected chi connectivity index (χ1v) is 6.51. The van der Waals surface area contributed by atoms with Gasteiger partial charge in [0.25, 0.3) is 0 Å². The van der Waals surface area contributed by atoms with E-state index in [-0.39, 0.29) is 18.7 Å². The van der Waals surface area contributed by atoms with Crippen LogP contribution in [0.1, 0.15) is 40.5 Å². The van der Waals surface area contributed by atoms with Crippen LogP contribution in [-0.2, 0) is 9.53 Å². The zero-order chi connectivity index (χ0) is 13.0. The zero-order valence-electron chi connectivity index (χ0n) is 11.3. The fourth-order valence-corrected chi connectivity index (χ4v) is 2.46. The van der Waals surface area contributed by atoms with Gasteiger partial charge in [-0.15, -0.1) is 0 Å². The van der Waals surface area contributed by atoms with E-state index in [2.05, 4.69) is 32.6 Å². The molecule has 1 aliphatic heterocycles. The van der Waals surface area contributed by atoms with Gasteiger partial charge in [0.15, 0.2) is 0 Å². The number of carboxylic acid groups (broad SMARTS) is 1. The van der Waals surface area contributed by atoms with Crippen molar-refractivity contribution in [2.45, 2.75) is 58.7 Å². The Labute approximate surface area is 104 Å². The molecule has 0 aromatic carbocycles. The average molecular weight is 243 g/mol. The van der Waals surface area contributed by atoms with E-state index in [1.54, 1.807) is 0 Å². The van der Waals surface area contributed by atoms with Crippen molar-refractivity contribution in [2.75, 3.05) is 13.2 Å². The molecule has 2 atom stereocenters. The first kappa shape index (κ1) is 14.5. The number of ether oxygens (including phenoxy) is 1. The third kappa shape index (κ3) is 4.28.